The van der Waals surface area contributed by atoms with Gasteiger partial charge in [0.1, 0.15) is 5.02 Å². The lowest BCUT2D eigenvalue weighted by molar-refractivity contribution is 0.0786. The summed E-state index contributed by atoms with van der Waals surface area (Å²) in [6.45, 7) is 1.42. The molecular weight excluding hydrogens is 398 g/mol. The molecule has 1 saturated carbocycles. The van der Waals surface area contributed by atoms with E-state index in [0.29, 0.717) is 29.7 Å². The van der Waals surface area contributed by atoms with Crippen LogP contribution in [0.3, 0.4) is 0 Å². The third-order valence-corrected chi connectivity index (χ3v) is 7.85. The second-order valence-electron chi connectivity index (χ2n) is 7.35. The second-order valence-corrected chi connectivity index (χ2v) is 9.98. The van der Waals surface area contributed by atoms with E-state index in [1.807, 2.05) is 12.1 Å². The van der Waals surface area contributed by atoms with Crippen LogP contribution in [-0.4, -0.2) is 31.9 Å². The number of rotatable bonds is 5. The summed E-state index contributed by atoms with van der Waals surface area (Å²) >= 11 is 5.88. The number of aromatic nitrogens is 1. The van der Waals surface area contributed by atoms with Gasteiger partial charge in [-0.3, -0.25) is 4.79 Å². The SMILES string of the molecule is O=c1[nH]c(/C(=C/C2CCOCC2)c2ccc(S(=O)(=O)C3CC3)cc2)ccc1Cl. The molecule has 7 heteroatoms. The van der Waals surface area contributed by atoms with Crippen molar-refractivity contribution in [3.8, 4) is 0 Å². The van der Waals surface area contributed by atoms with Crippen LogP contribution >= 0.6 is 11.6 Å². The summed E-state index contributed by atoms with van der Waals surface area (Å²) in [5, 5.41) is -0.0942. The van der Waals surface area contributed by atoms with Crippen LogP contribution in [0.25, 0.3) is 5.57 Å². The predicted octanol–water partition coefficient (Wildman–Crippen LogP) is 3.82. The maximum absolute atomic E-state index is 12.5. The van der Waals surface area contributed by atoms with Crippen LogP contribution in [0.1, 0.15) is 36.9 Å². The van der Waals surface area contributed by atoms with Crippen molar-refractivity contribution in [1.29, 1.82) is 0 Å². The Balaban J connectivity index is 1.73. The van der Waals surface area contributed by atoms with Crippen molar-refractivity contribution in [3.05, 3.63) is 69.1 Å². The molecule has 2 heterocycles. The van der Waals surface area contributed by atoms with Crippen molar-refractivity contribution in [3.63, 3.8) is 0 Å². The minimum absolute atomic E-state index is 0.139. The maximum Gasteiger partial charge on any atom is 0.267 e. The highest BCUT2D eigenvalue weighted by molar-refractivity contribution is 7.92. The Hall–Kier alpha value is -1.89. The molecule has 0 radical (unpaired) electrons. The molecule has 1 aliphatic heterocycles. The molecule has 2 aliphatic rings. The minimum atomic E-state index is -3.22. The number of nitrogens with one attached hydrogen (secondary N) is 1. The summed E-state index contributed by atoms with van der Waals surface area (Å²) in [6, 6.07) is 10.3. The van der Waals surface area contributed by atoms with Gasteiger partial charge < -0.3 is 9.72 Å². The number of sulfone groups is 1. The molecule has 1 aliphatic carbocycles. The fourth-order valence-corrected chi connectivity index (χ4v) is 5.23. The highest BCUT2D eigenvalue weighted by Crippen LogP contribution is 2.34. The summed E-state index contributed by atoms with van der Waals surface area (Å²) in [7, 11) is -3.22. The van der Waals surface area contributed by atoms with Crippen molar-refractivity contribution < 1.29 is 13.2 Å². The molecule has 4 rings (SSSR count). The molecule has 1 aromatic carbocycles. The van der Waals surface area contributed by atoms with E-state index in [4.69, 9.17) is 16.3 Å². The number of allylic oxidation sites excluding steroid dienone is 1. The van der Waals surface area contributed by atoms with Gasteiger partial charge in [-0.05, 0) is 61.4 Å². The van der Waals surface area contributed by atoms with Crippen molar-refractivity contribution in [2.24, 2.45) is 5.92 Å². The van der Waals surface area contributed by atoms with Crippen LogP contribution < -0.4 is 5.56 Å². The topological polar surface area (TPSA) is 76.2 Å². The van der Waals surface area contributed by atoms with Gasteiger partial charge in [0, 0.05) is 24.5 Å². The number of hydrogen-bond acceptors (Lipinski definition) is 4. The Bertz CT molecular complexity index is 1050. The molecule has 148 valence electrons. The minimum Gasteiger partial charge on any atom is -0.381 e. The van der Waals surface area contributed by atoms with Gasteiger partial charge in [-0.1, -0.05) is 29.8 Å². The zero-order chi connectivity index (χ0) is 19.7. The van der Waals surface area contributed by atoms with E-state index in [-0.39, 0.29) is 15.8 Å². The van der Waals surface area contributed by atoms with Crippen molar-refractivity contribution in [2.45, 2.75) is 35.8 Å². The summed E-state index contributed by atoms with van der Waals surface area (Å²) in [6.07, 6.45) is 5.45. The van der Waals surface area contributed by atoms with Gasteiger partial charge in [0.25, 0.3) is 5.56 Å². The smallest absolute Gasteiger partial charge is 0.267 e. The highest BCUT2D eigenvalue weighted by Gasteiger charge is 2.36. The summed E-state index contributed by atoms with van der Waals surface area (Å²) < 4.78 is 30.3. The van der Waals surface area contributed by atoms with Gasteiger partial charge in [-0.25, -0.2) is 8.42 Å². The van der Waals surface area contributed by atoms with Gasteiger partial charge in [0.15, 0.2) is 9.84 Å². The van der Waals surface area contributed by atoms with Crippen molar-refractivity contribution >= 4 is 27.0 Å². The molecule has 2 fully saturated rings. The van der Waals surface area contributed by atoms with Crippen LogP contribution in [0.4, 0.5) is 0 Å². The van der Waals surface area contributed by atoms with E-state index in [2.05, 4.69) is 11.1 Å². The number of ether oxygens (including phenoxy) is 1. The molecule has 2 aromatic rings. The number of hydrogen-bond donors (Lipinski definition) is 1. The Labute approximate surface area is 169 Å². The molecule has 0 unspecified atom stereocenters. The number of aromatic amines is 1. The Kier molecular flexibility index (Phi) is 5.45. The molecule has 0 amide bonds. The molecule has 1 aromatic heterocycles. The van der Waals surface area contributed by atoms with E-state index in [1.54, 1.807) is 24.3 Å². The lowest BCUT2D eigenvalue weighted by Crippen LogP contribution is -2.15. The Morgan fingerprint density at radius 1 is 1.04 bits per heavy atom. The van der Waals surface area contributed by atoms with Crippen LogP contribution in [0, 0.1) is 5.92 Å². The van der Waals surface area contributed by atoms with Crippen molar-refractivity contribution in [1.82, 2.24) is 4.98 Å². The largest absolute Gasteiger partial charge is 0.381 e. The summed E-state index contributed by atoms with van der Waals surface area (Å²) in [5.74, 6) is 0.331. The molecule has 0 atom stereocenters. The lowest BCUT2D eigenvalue weighted by atomic mass is 9.92. The van der Waals surface area contributed by atoms with E-state index >= 15 is 0 Å². The number of halogens is 1. The first-order valence-corrected chi connectivity index (χ1v) is 11.4. The molecule has 1 N–H and O–H groups in total. The molecule has 5 nitrogen and oxygen atoms in total. The maximum atomic E-state index is 12.5. The average Bonchev–Trinajstić information content (AvgIpc) is 3.55. The molecule has 0 spiro atoms. The summed E-state index contributed by atoms with van der Waals surface area (Å²) in [4.78, 5) is 15.2. The monoisotopic (exact) mass is 419 g/mol. The lowest BCUT2D eigenvalue weighted by Gasteiger charge is -2.21. The second kappa shape index (κ2) is 7.85. The van der Waals surface area contributed by atoms with E-state index in [9.17, 15) is 13.2 Å². The number of H-pyrrole nitrogens is 1. The van der Waals surface area contributed by atoms with Crippen LogP contribution in [0.2, 0.25) is 5.02 Å². The molecule has 0 bridgehead atoms. The van der Waals surface area contributed by atoms with Gasteiger partial charge in [-0.2, -0.15) is 0 Å². The van der Waals surface area contributed by atoms with E-state index < -0.39 is 9.84 Å². The first kappa shape index (κ1) is 19.4. The Morgan fingerprint density at radius 3 is 2.32 bits per heavy atom. The first-order chi connectivity index (χ1) is 13.4. The summed E-state index contributed by atoms with van der Waals surface area (Å²) in [5.41, 5.74) is 2.05. The first-order valence-electron chi connectivity index (χ1n) is 9.48. The van der Waals surface area contributed by atoms with Crippen molar-refractivity contribution in [2.75, 3.05) is 13.2 Å². The van der Waals surface area contributed by atoms with Crippen LogP contribution in [-0.2, 0) is 14.6 Å². The van der Waals surface area contributed by atoms with Crippen LogP contribution in [0.15, 0.2) is 52.2 Å². The van der Waals surface area contributed by atoms with Crippen LogP contribution in [0.5, 0.6) is 0 Å². The van der Waals surface area contributed by atoms with Gasteiger partial charge in [0.2, 0.25) is 0 Å². The third kappa shape index (κ3) is 4.09. The normalized spacial score (nSPS) is 19.0. The van der Waals surface area contributed by atoms with E-state index in [1.165, 1.54) is 0 Å². The van der Waals surface area contributed by atoms with Gasteiger partial charge in [0.05, 0.1) is 10.1 Å². The fraction of sp³-hybridized carbons (Fsp3) is 0.381. The zero-order valence-corrected chi connectivity index (χ0v) is 16.9. The Morgan fingerprint density at radius 2 is 1.71 bits per heavy atom. The molecular formula is C21H22ClNO4S. The zero-order valence-electron chi connectivity index (χ0n) is 15.4. The average molecular weight is 420 g/mol. The molecule has 1 saturated heterocycles. The number of benzene rings is 1. The third-order valence-electron chi connectivity index (χ3n) is 5.28. The standard InChI is InChI=1S/C21H22ClNO4S/c22-19-7-8-20(23-21(19)24)18(13-14-9-11-27-12-10-14)15-1-3-16(4-2-15)28(25,26)17-5-6-17/h1-4,7-8,13-14,17H,5-6,9-12H2,(H,23,24)/b18-13+. The van der Waals surface area contributed by atoms with Gasteiger partial charge >= 0.3 is 0 Å². The molecule has 28 heavy (non-hydrogen) atoms. The van der Waals surface area contributed by atoms with Gasteiger partial charge in [-0.15, -0.1) is 0 Å². The highest BCUT2D eigenvalue weighted by atomic mass is 35.5. The number of pyridine rings is 1. The quantitative estimate of drug-likeness (QED) is 0.799. The predicted molar refractivity (Wildman–Crippen MR) is 109 cm³/mol. The van der Waals surface area contributed by atoms with E-state index in [0.717, 1.165) is 36.8 Å². The fourth-order valence-electron chi connectivity index (χ4n) is 3.47.